The molecule has 0 heterocycles. The molecule has 0 saturated heterocycles. The second kappa shape index (κ2) is 4.44. The Bertz CT molecular complexity index is 408. The van der Waals surface area contributed by atoms with Crippen molar-refractivity contribution in [3.63, 3.8) is 0 Å². The van der Waals surface area contributed by atoms with Crippen molar-refractivity contribution in [2.45, 2.75) is 20.0 Å². The molecule has 0 unspecified atom stereocenters. The molecule has 0 atom stereocenters. The van der Waals surface area contributed by atoms with Crippen molar-refractivity contribution >= 4 is 5.91 Å². The highest BCUT2D eigenvalue weighted by Gasteiger charge is 2.42. The van der Waals surface area contributed by atoms with Crippen LogP contribution in [0.25, 0.3) is 0 Å². The number of benzene rings is 1. The molecular weight excluding hydrogens is 218 g/mol. The summed E-state index contributed by atoms with van der Waals surface area (Å²) < 4.78 is 30.5. The molecule has 0 aliphatic heterocycles. The third-order valence-corrected chi connectivity index (χ3v) is 1.98. The molecule has 4 nitrogen and oxygen atoms in total. The Balaban J connectivity index is 2.95. The number of carbonyl (C=O) groups is 1. The highest BCUT2D eigenvalue weighted by Crippen LogP contribution is 2.26. The first-order chi connectivity index (χ1) is 7.36. The second-order valence-electron chi connectivity index (χ2n) is 3.36. The van der Waals surface area contributed by atoms with Crippen LogP contribution >= 0.6 is 0 Å². The summed E-state index contributed by atoms with van der Waals surface area (Å²) in [4.78, 5) is 10.7. The minimum atomic E-state index is -3.98. The molecule has 0 aliphatic carbocycles. The van der Waals surface area contributed by atoms with E-state index in [-0.39, 0.29) is 5.75 Å². The zero-order chi connectivity index (χ0) is 12.3. The number of rotatable bonds is 3. The lowest BCUT2D eigenvalue weighted by molar-refractivity contribution is -0.193. The van der Waals surface area contributed by atoms with Crippen molar-refractivity contribution in [2.24, 2.45) is 5.84 Å². The summed E-state index contributed by atoms with van der Waals surface area (Å²) in [6.45, 7) is 3.33. The summed E-state index contributed by atoms with van der Waals surface area (Å²) in [5.74, 6) is 2.89. The topological polar surface area (TPSA) is 64.3 Å². The molecule has 1 amide bonds. The van der Waals surface area contributed by atoms with Crippen LogP contribution in [-0.2, 0) is 4.79 Å². The van der Waals surface area contributed by atoms with Gasteiger partial charge >= 0.3 is 12.0 Å². The summed E-state index contributed by atoms with van der Waals surface area (Å²) >= 11 is 0. The van der Waals surface area contributed by atoms with E-state index in [0.29, 0.717) is 5.56 Å². The number of hydrazine groups is 1. The van der Waals surface area contributed by atoms with E-state index in [1.165, 1.54) is 11.5 Å². The van der Waals surface area contributed by atoms with Crippen LogP contribution in [0.2, 0.25) is 0 Å². The Labute approximate surface area is 91.4 Å². The molecule has 0 saturated carbocycles. The molecule has 16 heavy (non-hydrogen) atoms. The maximum Gasteiger partial charge on any atom is 0.483 e. The summed E-state index contributed by atoms with van der Waals surface area (Å²) in [6.07, 6.45) is -3.98. The number of nitrogens with one attached hydrogen (secondary N) is 1. The van der Waals surface area contributed by atoms with Crippen LogP contribution < -0.4 is 16.0 Å². The Morgan fingerprint density at radius 1 is 1.44 bits per heavy atom. The minimum absolute atomic E-state index is 0.0476. The summed E-state index contributed by atoms with van der Waals surface area (Å²) in [5.41, 5.74) is 2.61. The van der Waals surface area contributed by atoms with Gasteiger partial charge < -0.3 is 4.74 Å². The Morgan fingerprint density at radius 2 is 2.06 bits per heavy atom. The minimum Gasteiger partial charge on any atom is -0.425 e. The Hall–Kier alpha value is -1.69. The van der Waals surface area contributed by atoms with Gasteiger partial charge in [-0.05, 0) is 31.0 Å². The Morgan fingerprint density at radius 3 is 2.62 bits per heavy atom. The van der Waals surface area contributed by atoms with Crippen molar-refractivity contribution in [3.05, 3.63) is 29.3 Å². The van der Waals surface area contributed by atoms with Gasteiger partial charge in [0.1, 0.15) is 5.75 Å². The van der Waals surface area contributed by atoms with Gasteiger partial charge in [-0.2, -0.15) is 8.78 Å². The largest absolute Gasteiger partial charge is 0.483 e. The lowest BCUT2D eigenvalue weighted by Crippen LogP contribution is -2.47. The van der Waals surface area contributed by atoms with Crippen LogP contribution in [0.4, 0.5) is 8.78 Å². The first-order valence-corrected chi connectivity index (χ1v) is 4.52. The molecule has 0 fully saturated rings. The summed E-state index contributed by atoms with van der Waals surface area (Å²) in [7, 11) is 0. The molecule has 0 aromatic heterocycles. The zero-order valence-corrected chi connectivity index (χ0v) is 8.88. The number of aryl methyl sites for hydroxylation is 2. The van der Waals surface area contributed by atoms with Gasteiger partial charge in [0.15, 0.2) is 0 Å². The molecule has 0 spiro atoms. The number of amides is 1. The standard InChI is InChI=1S/C10H12F2N2O2/c1-6-3-4-7(2)8(5-6)16-10(11,12)9(15)14-13/h3-5H,13H2,1-2H3,(H,14,15). The van der Waals surface area contributed by atoms with Gasteiger partial charge in [0, 0.05) is 0 Å². The van der Waals surface area contributed by atoms with Crippen molar-refractivity contribution in [1.29, 1.82) is 0 Å². The molecule has 3 N–H and O–H groups in total. The van der Waals surface area contributed by atoms with E-state index in [1.807, 2.05) is 0 Å². The lowest BCUT2D eigenvalue weighted by Gasteiger charge is -2.17. The van der Waals surface area contributed by atoms with E-state index in [1.54, 1.807) is 26.0 Å². The fraction of sp³-hybridized carbons (Fsp3) is 0.300. The highest BCUT2D eigenvalue weighted by molar-refractivity contribution is 5.81. The van der Waals surface area contributed by atoms with E-state index in [2.05, 4.69) is 10.6 Å². The molecule has 1 aromatic carbocycles. The number of ether oxygens (including phenoxy) is 1. The SMILES string of the molecule is Cc1ccc(C)c(OC(F)(F)C(=O)NN)c1. The van der Waals surface area contributed by atoms with Crippen LogP contribution in [0.5, 0.6) is 5.75 Å². The first kappa shape index (κ1) is 12.4. The molecule has 88 valence electrons. The number of halogens is 2. The normalized spacial score (nSPS) is 11.1. The van der Waals surface area contributed by atoms with Crippen LogP contribution in [0.15, 0.2) is 18.2 Å². The van der Waals surface area contributed by atoms with Gasteiger partial charge in [-0.3, -0.25) is 10.2 Å². The van der Waals surface area contributed by atoms with Gasteiger partial charge in [0.2, 0.25) is 0 Å². The maximum atomic E-state index is 13.1. The number of nitrogens with two attached hydrogens (primary N) is 1. The molecular formula is C10H12F2N2O2. The quantitative estimate of drug-likeness (QED) is 0.467. The van der Waals surface area contributed by atoms with Crippen molar-refractivity contribution in [1.82, 2.24) is 5.43 Å². The smallest absolute Gasteiger partial charge is 0.425 e. The van der Waals surface area contributed by atoms with Crippen molar-refractivity contribution in [3.8, 4) is 5.75 Å². The molecule has 6 heteroatoms. The number of hydrogen-bond donors (Lipinski definition) is 2. The van der Waals surface area contributed by atoms with Crippen molar-refractivity contribution in [2.75, 3.05) is 0 Å². The first-order valence-electron chi connectivity index (χ1n) is 4.52. The summed E-state index contributed by atoms with van der Waals surface area (Å²) in [6, 6.07) is 4.80. The fourth-order valence-electron chi connectivity index (χ4n) is 1.09. The van der Waals surface area contributed by atoms with Gasteiger partial charge in [-0.15, -0.1) is 0 Å². The average Bonchev–Trinajstić information content (AvgIpc) is 2.22. The third kappa shape index (κ3) is 2.66. The van der Waals surface area contributed by atoms with Crippen LogP contribution in [0, 0.1) is 13.8 Å². The molecule has 0 bridgehead atoms. The molecule has 1 aromatic rings. The van der Waals surface area contributed by atoms with E-state index < -0.39 is 12.0 Å². The third-order valence-electron chi connectivity index (χ3n) is 1.98. The molecule has 0 radical (unpaired) electrons. The lowest BCUT2D eigenvalue weighted by atomic mass is 10.1. The maximum absolute atomic E-state index is 13.1. The predicted octanol–water partition coefficient (Wildman–Crippen LogP) is 1.26. The monoisotopic (exact) mass is 230 g/mol. The van der Waals surface area contributed by atoms with Gasteiger partial charge in [0.05, 0.1) is 0 Å². The second-order valence-corrected chi connectivity index (χ2v) is 3.36. The molecule has 1 rings (SSSR count). The van der Waals surface area contributed by atoms with E-state index in [9.17, 15) is 13.6 Å². The molecule has 0 aliphatic rings. The number of hydrogen-bond acceptors (Lipinski definition) is 3. The average molecular weight is 230 g/mol. The fourth-order valence-corrected chi connectivity index (χ4v) is 1.09. The van der Waals surface area contributed by atoms with Crippen molar-refractivity contribution < 1.29 is 18.3 Å². The van der Waals surface area contributed by atoms with Crippen LogP contribution in [-0.4, -0.2) is 12.0 Å². The van der Waals surface area contributed by atoms with Gasteiger partial charge in [-0.1, -0.05) is 12.1 Å². The van der Waals surface area contributed by atoms with Gasteiger partial charge in [-0.25, -0.2) is 5.84 Å². The Kier molecular flexibility index (Phi) is 3.44. The predicted molar refractivity (Wildman–Crippen MR) is 53.8 cm³/mol. The highest BCUT2D eigenvalue weighted by atomic mass is 19.3. The van der Waals surface area contributed by atoms with E-state index >= 15 is 0 Å². The van der Waals surface area contributed by atoms with E-state index in [4.69, 9.17) is 0 Å². The number of alkyl halides is 2. The van der Waals surface area contributed by atoms with E-state index in [0.717, 1.165) is 5.56 Å². The summed E-state index contributed by atoms with van der Waals surface area (Å²) in [5, 5.41) is 0. The van der Waals surface area contributed by atoms with Crippen LogP contribution in [0.1, 0.15) is 11.1 Å². The van der Waals surface area contributed by atoms with Crippen LogP contribution in [0.3, 0.4) is 0 Å². The van der Waals surface area contributed by atoms with Gasteiger partial charge in [0.25, 0.3) is 0 Å². The zero-order valence-electron chi connectivity index (χ0n) is 8.88. The number of carbonyl (C=O) groups excluding carboxylic acids is 1.